The molecule has 2 aromatic carbocycles. The van der Waals surface area contributed by atoms with Gasteiger partial charge in [0.15, 0.2) is 0 Å². The van der Waals surface area contributed by atoms with Crippen molar-refractivity contribution in [1.82, 2.24) is 0 Å². The van der Waals surface area contributed by atoms with Crippen LogP contribution in [0, 0.1) is 11.3 Å². The predicted molar refractivity (Wildman–Crippen MR) is 103 cm³/mol. The third-order valence-electron chi connectivity index (χ3n) is 3.87. The van der Waals surface area contributed by atoms with Crippen LogP contribution in [0.3, 0.4) is 0 Å². The molecule has 2 aromatic rings. The Morgan fingerprint density at radius 3 is 2.56 bits per heavy atom. The molecule has 0 amide bonds. The number of aliphatic carboxylic acids is 1. The van der Waals surface area contributed by atoms with E-state index in [-0.39, 0.29) is 24.4 Å². The van der Waals surface area contributed by atoms with E-state index >= 15 is 0 Å². The fraction of sp³-hybridized carbons (Fsp3) is 0.227. The molecule has 0 aliphatic rings. The standard InChI is InChI=1S/C22H21NO4/c1-2-4-16-7-9-18(10-8-16)22(26)19(15-23)13-17-5-3-6-20(14-17)27-12-11-21(24)25/h3,5-10,13-14H,2,4,11-12H2,1H3,(H,24,25)/b19-13-. The lowest BCUT2D eigenvalue weighted by atomic mass is 10.00. The van der Waals surface area contributed by atoms with E-state index in [1.807, 2.05) is 18.2 Å². The zero-order valence-electron chi connectivity index (χ0n) is 15.1. The number of carboxylic acids is 1. The first-order valence-corrected chi connectivity index (χ1v) is 8.73. The van der Waals surface area contributed by atoms with Gasteiger partial charge in [0.1, 0.15) is 17.4 Å². The van der Waals surface area contributed by atoms with Crippen molar-refractivity contribution in [3.05, 3.63) is 70.8 Å². The van der Waals surface area contributed by atoms with Gasteiger partial charge in [0.05, 0.1) is 13.0 Å². The van der Waals surface area contributed by atoms with Crippen molar-refractivity contribution in [2.45, 2.75) is 26.2 Å². The number of hydrogen-bond donors (Lipinski definition) is 1. The van der Waals surface area contributed by atoms with Crippen LogP contribution in [0.15, 0.2) is 54.1 Å². The maximum atomic E-state index is 12.6. The smallest absolute Gasteiger partial charge is 0.306 e. The quantitative estimate of drug-likeness (QED) is 0.408. The number of rotatable bonds is 9. The number of nitriles is 1. The summed E-state index contributed by atoms with van der Waals surface area (Å²) in [7, 11) is 0. The first-order valence-electron chi connectivity index (χ1n) is 8.73. The molecule has 0 unspecified atom stereocenters. The van der Waals surface area contributed by atoms with Gasteiger partial charge in [0, 0.05) is 5.56 Å². The summed E-state index contributed by atoms with van der Waals surface area (Å²) in [5.41, 5.74) is 2.29. The molecule has 0 radical (unpaired) electrons. The van der Waals surface area contributed by atoms with Gasteiger partial charge in [-0.15, -0.1) is 0 Å². The fourth-order valence-electron chi connectivity index (χ4n) is 2.53. The molecule has 0 atom stereocenters. The van der Waals surface area contributed by atoms with Crippen LogP contribution in [0.5, 0.6) is 5.75 Å². The summed E-state index contributed by atoms with van der Waals surface area (Å²) >= 11 is 0. The minimum atomic E-state index is -0.937. The summed E-state index contributed by atoms with van der Waals surface area (Å²) in [4.78, 5) is 23.1. The zero-order valence-corrected chi connectivity index (χ0v) is 15.1. The number of benzene rings is 2. The monoisotopic (exact) mass is 363 g/mol. The zero-order chi connectivity index (χ0) is 19.6. The Morgan fingerprint density at radius 2 is 1.93 bits per heavy atom. The number of carboxylic acid groups (broad SMARTS) is 1. The van der Waals surface area contributed by atoms with Crippen molar-refractivity contribution in [3.8, 4) is 11.8 Å². The lowest BCUT2D eigenvalue weighted by molar-refractivity contribution is -0.137. The largest absolute Gasteiger partial charge is 0.493 e. The highest BCUT2D eigenvalue weighted by Gasteiger charge is 2.12. The first kappa shape index (κ1) is 19.9. The molecule has 0 aliphatic heterocycles. The molecule has 0 aliphatic carbocycles. The lowest BCUT2D eigenvalue weighted by Gasteiger charge is -2.06. The molecule has 0 aromatic heterocycles. The molecule has 0 bridgehead atoms. The first-order chi connectivity index (χ1) is 13.0. The van der Waals surface area contributed by atoms with Crippen LogP contribution in [0.2, 0.25) is 0 Å². The van der Waals surface area contributed by atoms with Crippen molar-refractivity contribution in [1.29, 1.82) is 5.26 Å². The number of aryl methyl sites for hydroxylation is 1. The SMILES string of the molecule is CCCc1ccc(C(=O)/C(C#N)=C\c2cccc(OCCC(=O)O)c2)cc1. The Bertz CT molecular complexity index is 876. The highest BCUT2D eigenvalue weighted by molar-refractivity contribution is 6.14. The average Bonchev–Trinajstić information content (AvgIpc) is 2.66. The van der Waals surface area contributed by atoms with E-state index in [0.717, 1.165) is 18.4 Å². The molecule has 0 saturated heterocycles. The van der Waals surface area contributed by atoms with E-state index in [9.17, 15) is 14.9 Å². The van der Waals surface area contributed by atoms with Crippen LogP contribution in [0.1, 0.15) is 41.3 Å². The molecule has 0 spiro atoms. The van der Waals surface area contributed by atoms with E-state index in [4.69, 9.17) is 9.84 Å². The molecule has 0 heterocycles. The van der Waals surface area contributed by atoms with Crippen molar-refractivity contribution in [2.75, 3.05) is 6.61 Å². The Hall–Kier alpha value is -3.39. The summed E-state index contributed by atoms with van der Waals surface area (Å²) in [6.45, 7) is 2.14. The van der Waals surface area contributed by atoms with Gasteiger partial charge in [0.25, 0.3) is 0 Å². The molecular formula is C22H21NO4. The number of carbonyl (C=O) groups is 2. The summed E-state index contributed by atoms with van der Waals surface area (Å²) < 4.78 is 5.38. The third kappa shape index (κ3) is 6.12. The number of nitrogens with zero attached hydrogens (tertiary/aromatic N) is 1. The second-order valence-corrected chi connectivity index (χ2v) is 6.01. The molecule has 0 fully saturated rings. The van der Waals surface area contributed by atoms with Gasteiger partial charge < -0.3 is 9.84 Å². The van der Waals surface area contributed by atoms with Crippen LogP contribution >= 0.6 is 0 Å². The molecule has 1 N–H and O–H groups in total. The van der Waals surface area contributed by atoms with Gasteiger partial charge in [-0.25, -0.2) is 0 Å². The van der Waals surface area contributed by atoms with Crippen molar-refractivity contribution in [3.63, 3.8) is 0 Å². The van der Waals surface area contributed by atoms with Crippen LogP contribution in [0.4, 0.5) is 0 Å². The molecule has 5 heteroatoms. The summed E-state index contributed by atoms with van der Waals surface area (Å²) in [6.07, 6.45) is 3.38. The molecular weight excluding hydrogens is 342 g/mol. The third-order valence-corrected chi connectivity index (χ3v) is 3.87. The maximum Gasteiger partial charge on any atom is 0.306 e. The Morgan fingerprint density at radius 1 is 1.19 bits per heavy atom. The van der Waals surface area contributed by atoms with E-state index in [1.165, 1.54) is 6.08 Å². The fourth-order valence-corrected chi connectivity index (χ4v) is 2.53. The van der Waals surface area contributed by atoms with Crippen molar-refractivity contribution in [2.24, 2.45) is 0 Å². The Balaban J connectivity index is 2.16. The van der Waals surface area contributed by atoms with E-state index in [1.54, 1.807) is 36.4 Å². The second kappa shape index (κ2) is 9.93. The van der Waals surface area contributed by atoms with Crippen molar-refractivity contribution >= 4 is 17.8 Å². The number of allylic oxidation sites excluding steroid dienone is 1. The maximum absolute atomic E-state index is 12.6. The molecule has 5 nitrogen and oxygen atoms in total. The highest BCUT2D eigenvalue weighted by Crippen LogP contribution is 2.18. The Kier molecular flexibility index (Phi) is 7.33. The number of carbonyl (C=O) groups excluding carboxylic acids is 1. The number of hydrogen-bond acceptors (Lipinski definition) is 4. The van der Waals surface area contributed by atoms with Crippen LogP contribution in [0.25, 0.3) is 6.08 Å². The number of Topliss-reactive ketones (excluding diaryl/α,β-unsaturated/α-hetero) is 1. The van der Waals surface area contributed by atoms with Crippen LogP contribution < -0.4 is 4.74 Å². The lowest BCUT2D eigenvalue weighted by Crippen LogP contribution is -2.05. The predicted octanol–water partition coefficient (Wildman–Crippen LogP) is 4.28. The molecule has 27 heavy (non-hydrogen) atoms. The minimum absolute atomic E-state index is 0.0286. The second-order valence-electron chi connectivity index (χ2n) is 6.01. The van der Waals surface area contributed by atoms with Crippen LogP contribution in [-0.4, -0.2) is 23.5 Å². The minimum Gasteiger partial charge on any atom is -0.493 e. The summed E-state index contributed by atoms with van der Waals surface area (Å²) in [6, 6.07) is 16.1. The number of ether oxygens (including phenoxy) is 1. The van der Waals surface area contributed by atoms with Gasteiger partial charge in [-0.05, 0) is 35.8 Å². The van der Waals surface area contributed by atoms with E-state index < -0.39 is 5.97 Å². The van der Waals surface area contributed by atoms with Gasteiger partial charge in [-0.3, -0.25) is 9.59 Å². The van der Waals surface area contributed by atoms with Gasteiger partial charge in [-0.1, -0.05) is 49.7 Å². The molecule has 138 valence electrons. The highest BCUT2D eigenvalue weighted by atomic mass is 16.5. The van der Waals surface area contributed by atoms with E-state index in [0.29, 0.717) is 16.9 Å². The van der Waals surface area contributed by atoms with Gasteiger partial charge in [-0.2, -0.15) is 5.26 Å². The normalized spacial score (nSPS) is 10.9. The summed E-state index contributed by atoms with van der Waals surface area (Å²) in [5, 5.41) is 18.0. The van der Waals surface area contributed by atoms with Crippen LogP contribution in [-0.2, 0) is 11.2 Å². The van der Waals surface area contributed by atoms with Gasteiger partial charge in [0.2, 0.25) is 5.78 Å². The van der Waals surface area contributed by atoms with E-state index in [2.05, 4.69) is 6.92 Å². The molecule has 0 saturated carbocycles. The summed E-state index contributed by atoms with van der Waals surface area (Å²) in [5.74, 6) is -0.787. The molecule has 2 rings (SSSR count). The topological polar surface area (TPSA) is 87.4 Å². The number of ketones is 1. The average molecular weight is 363 g/mol. The van der Waals surface area contributed by atoms with Crippen molar-refractivity contribution < 1.29 is 19.4 Å². The van der Waals surface area contributed by atoms with Gasteiger partial charge >= 0.3 is 5.97 Å². The Labute approximate surface area is 158 Å².